The molecule has 0 saturated carbocycles. The minimum absolute atomic E-state index is 0.0903. The Morgan fingerprint density at radius 2 is 1.96 bits per heavy atom. The topological polar surface area (TPSA) is 135 Å². The molecule has 1 aliphatic heterocycles. The van der Waals surface area contributed by atoms with Crippen LogP contribution >= 0.6 is 0 Å². The van der Waals surface area contributed by atoms with Crippen LogP contribution in [-0.2, 0) is 38.1 Å². The molecule has 160 valence electrons. The van der Waals surface area contributed by atoms with Gasteiger partial charge in [0.1, 0.15) is 24.9 Å². The average Bonchev–Trinajstić information content (AvgIpc) is 2.64. The smallest absolute Gasteiger partial charge is 0.373 e. The number of nitrogens with two attached hydrogens (primary N) is 1. The van der Waals surface area contributed by atoms with Crippen molar-refractivity contribution >= 4 is 17.8 Å². The average molecular weight is 402 g/mol. The largest absolute Gasteiger partial charge is 0.478 e. The number of rotatable bonds is 10. The zero-order chi connectivity index (χ0) is 21.3. The molecule has 0 aromatic carbocycles. The van der Waals surface area contributed by atoms with E-state index < -0.39 is 42.3 Å². The number of methoxy groups -OCH3 is 2. The molecule has 10 heteroatoms. The van der Waals surface area contributed by atoms with Crippen LogP contribution in [-0.4, -0.2) is 75.7 Å². The van der Waals surface area contributed by atoms with Crippen molar-refractivity contribution in [2.24, 2.45) is 5.73 Å². The van der Waals surface area contributed by atoms with E-state index >= 15 is 0 Å². The Labute approximate surface area is 164 Å². The first-order chi connectivity index (χ1) is 13.2. The second-order valence-electron chi connectivity index (χ2n) is 6.32. The predicted octanol–water partition coefficient (Wildman–Crippen LogP) is -0.353. The van der Waals surface area contributed by atoms with Crippen molar-refractivity contribution < 1.29 is 38.1 Å². The Hall–Kier alpha value is -2.17. The van der Waals surface area contributed by atoms with Crippen LogP contribution in [0.2, 0.25) is 0 Å². The van der Waals surface area contributed by atoms with E-state index in [2.05, 4.69) is 5.32 Å². The molecule has 3 N–H and O–H groups in total. The Balaban J connectivity index is 3.20. The summed E-state index contributed by atoms with van der Waals surface area (Å²) in [4.78, 5) is 34.9. The standard InChI is InChI=1S/C18H30N2O8/c1-6-7-26-14(9-27-11(3)22)16(24-4)17-15(20-10(2)21)12(19)8-13(28-17)18(23)25-5/h8,12,14-17H,6-7,9,19H2,1-5H3,(H,20,21). The van der Waals surface area contributed by atoms with Crippen LogP contribution in [0.3, 0.4) is 0 Å². The summed E-state index contributed by atoms with van der Waals surface area (Å²) in [5.41, 5.74) is 6.15. The fourth-order valence-corrected chi connectivity index (χ4v) is 2.86. The summed E-state index contributed by atoms with van der Waals surface area (Å²) in [6.45, 7) is 4.84. The van der Waals surface area contributed by atoms with E-state index in [-0.39, 0.29) is 18.3 Å². The molecule has 0 radical (unpaired) electrons. The van der Waals surface area contributed by atoms with E-state index in [9.17, 15) is 14.4 Å². The molecule has 0 saturated heterocycles. The number of carbonyl (C=O) groups excluding carboxylic acids is 3. The van der Waals surface area contributed by atoms with Crippen molar-refractivity contribution in [3.8, 4) is 0 Å². The van der Waals surface area contributed by atoms with Gasteiger partial charge in [0.2, 0.25) is 11.7 Å². The van der Waals surface area contributed by atoms with Crippen molar-refractivity contribution in [2.45, 2.75) is 57.6 Å². The summed E-state index contributed by atoms with van der Waals surface area (Å²) in [5, 5.41) is 2.72. The Morgan fingerprint density at radius 3 is 2.46 bits per heavy atom. The van der Waals surface area contributed by atoms with E-state index in [1.54, 1.807) is 0 Å². The van der Waals surface area contributed by atoms with Crippen LogP contribution in [0.4, 0.5) is 0 Å². The normalized spacial score (nSPS) is 23.6. The lowest BCUT2D eigenvalue weighted by molar-refractivity contribution is -0.166. The van der Waals surface area contributed by atoms with Crippen LogP contribution in [0.5, 0.6) is 0 Å². The first-order valence-corrected chi connectivity index (χ1v) is 9.02. The minimum Gasteiger partial charge on any atom is -0.478 e. The first kappa shape index (κ1) is 23.9. The Kier molecular flexibility index (Phi) is 9.91. The van der Waals surface area contributed by atoms with Gasteiger partial charge in [-0.25, -0.2) is 4.79 Å². The lowest BCUT2D eigenvalue weighted by atomic mass is 9.92. The van der Waals surface area contributed by atoms with E-state index in [1.165, 1.54) is 34.1 Å². The summed E-state index contributed by atoms with van der Waals surface area (Å²) in [5.74, 6) is -1.60. The first-order valence-electron chi connectivity index (χ1n) is 9.02. The van der Waals surface area contributed by atoms with Gasteiger partial charge in [-0.3, -0.25) is 9.59 Å². The molecule has 0 aromatic heterocycles. The van der Waals surface area contributed by atoms with E-state index in [4.69, 9.17) is 29.4 Å². The van der Waals surface area contributed by atoms with Crippen LogP contribution in [0.1, 0.15) is 27.2 Å². The van der Waals surface area contributed by atoms with E-state index in [1.807, 2.05) is 6.92 Å². The van der Waals surface area contributed by atoms with Gasteiger partial charge in [-0.05, 0) is 12.5 Å². The summed E-state index contributed by atoms with van der Waals surface area (Å²) in [7, 11) is 2.64. The van der Waals surface area contributed by atoms with E-state index in [0.717, 1.165) is 6.42 Å². The summed E-state index contributed by atoms with van der Waals surface area (Å²) in [6.07, 6.45) is -0.300. The zero-order valence-electron chi connectivity index (χ0n) is 16.9. The quantitative estimate of drug-likeness (QED) is 0.470. The number of amides is 1. The van der Waals surface area contributed by atoms with Gasteiger partial charge in [-0.2, -0.15) is 0 Å². The lowest BCUT2D eigenvalue weighted by Crippen LogP contribution is -2.62. The van der Waals surface area contributed by atoms with E-state index in [0.29, 0.717) is 6.61 Å². The Morgan fingerprint density at radius 1 is 1.29 bits per heavy atom. The molecule has 0 aliphatic carbocycles. The molecule has 1 rings (SSSR count). The maximum atomic E-state index is 12.0. The van der Waals surface area contributed by atoms with Crippen molar-refractivity contribution in [2.75, 3.05) is 27.4 Å². The number of carbonyl (C=O) groups is 3. The molecule has 0 fully saturated rings. The molecule has 10 nitrogen and oxygen atoms in total. The van der Waals surface area contributed by atoms with Crippen molar-refractivity contribution in [1.29, 1.82) is 0 Å². The van der Waals surface area contributed by atoms with Gasteiger partial charge in [-0.15, -0.1) is 0 Å². The minimum atomic E-state index is -0.889. The highest BCUT2D eigenvalue weighted by atomic mass is 16.6. The molecular weight excluding hydrogens is 372 g/mol. The highest BCUT2D eigenvalue weighted by Gasteiger charge is 2.44. The van der Waals surface area contributed by atoms with Gasteiger partial charge in [0.05, 0.1) is 19.2 Å². The second-order valence-corrected chi connectivity index (χ2v) is 6.32. The highest BCUT2D eigenvalue weighted by Crippen LogP contribution is 2.25. The third-order valence-corrected chi connectivity index (χ3v) is 4.08. The lowest BCUT2D eigenvalue weighted by Gasteiger charge is -2.41. The van der Waals surface area contributed by atoms with Gasteiger partial charge in [0.15, 0.2) is 0 Å². The fraction of sp³-hybridized carbons (Fsp3) is 0.722. The molecule has 1 aliphatic rings. The second kappa shape index (κ2) is 11.6. The molecular formula is C18H30N2O8. The van der Waals surface area contributed by atoms with Gasteiger partial charge < -0.3 is 34.7 Å². The molecule has 28 heavy (non-hydrogen) atoms. The number of hydrogen-bond donors (Lipinski definition) is 2. The summed E-state index contributed by atoms with van der Waals surface area (Å²) >= 11 is 0. The molecule has 1 amide bonds. The number of nitrogens with one attached hydrogen (secondary N) is 1. The molecule has 0 aromatic rings. The van der Waals surface area contributed by atoms with Crippen LogP contribution in [0, 0.1) is 0 Å². The monoisotopic (exact) mass is 402 g/mol. The molecule has 0 spiro atoms. The van der Waals surface area contributed by atoms with Crippen LogP contribution < -0.4 is 11.1 Å². The van der Waals surface area contributed by atoms with Gasteiger partial charge in [-0.1, -0.05) is 6.92 Å². The number of hydrogen-bond acceptors (Lipinski definition) is 9. The third-order valence-electron chi connectivity index (χ3n) is 4.08. The number of ether oxygens (including phenoxy) is 5. The summed E-state index contributed by atoms with van der Waals surface area (Å²) in [6, 6.07) is -1.45. The maximum absolute atomic E-state index is 12.0. The highest BCUT2D eigenvalue weighted by molar-refractivity contribution is 5.86. The molecule has 0 bridgehead atoms. The molecule has 5 unspecified atom stereocenters. The van der Waals surface area contributed by atoms with Crippen molar-refractivity contribution in [3.63, 3.8) is 0 Å². The summed E-state index contributed by atoms with van der Waals surface area (Å²) < 4.78 is 26.9. The molecule has 5 atom stereocenters. The number of esters is 2. The SMILES string of the molecule is CCCOC(COC(C)=O)C(OC)C1OC(C(=O)OC)=CC(N)C1NC(C)=O. The van der Waals surface area contributed by atoms with Crippen molar-refractivity contribution in [3.05, 3.63) is 11.8 Å². The zero-order valence-corrected chi connectivity index (χ0v) is 16.9. The maximum Gasteiger partial charge on any atom is 0.373 e. The van der Waals surface area contributed by atoms with Crippen molar-refractivity contribution in [1.82, 2.24) is 5.32 Å². The predicted molar refractivity (Wildman–Crippen MR) is 98.0 cm³/mol. The van der Waals surface area contributed by atoms with Gasteiger partial charge in [0, 0.05) is 27.6 Å². The van der Waals surface area contributed by atoms with Crippen LogP contribution in [0.25, 0.3) is 0 Å². The van der Waals surface area contributed by atoms with Gasteiger partial charge >= 0.3 is 11.9 Å². The molecule has 1 heterocycles. The van der Waals surface area contributed by atoms with Gasteiger partial charge in [0.25, 0.3) is 0 Å². The fourth-order valence-electron chi connectivity index (χ4n) is 2.86. The third kappa shape index (κ3) is 6.77. The van der Waals surface area contributed by atoms with Crippen LogP contribution in [0.15, 0.2) is 11.8 Å². The Bertz CT molecular complexity index is 580.